The average Bonchev–Trinajstić information content (AvgIpc) is 2.93. The van der Waals surface area contributed by atoms with Crippen molar-refractivity contribution in [2.45, 2.75) is 57.9 Å². The van der Waals surface area contributed by atoms with Gasteiger partial charge in [-0.15, -0.1) is 0 Å². The van der Waals surface area contributed by atoms with Crippen molar-refractivity contribution in [2.24, 2.45) is 0 Å². The lowest BCUT2D eigenvalue weighted by Crippen LogP contribution is -2.23. The van der Waals surface area contributed by atoms with Crippen LogP contribution in [0.5, 0.6) is 0 Å². The van der Waals surface area contributed by atoms with Crippen molar-refractivity contribution in [1.29, 1.82) is 0 Å². The molecule has 1 unspecified atom stereocenters. The van der Waals surface area contributed by atoms with Crippen LogP contribution in [0, 0.1) is 0 Å². The summed E-state index contributed by atoms with van der Waals surface area (Å²) in [5, 5.41) is 3.69. The fourth-order valence-corrected chi connectivity index (χ4v) is 3.56. The molecule has 0 saturated carbocycles. The highest BCUT2D eigenvalue weighted by Crippen LogP contribution is 2.32. The Hall–Kier alpha value is -1.08. The van der Waals surface area contributed by atoms with E-state index in [2.05, 4.69) is 36.5 Å². The molecule has 0 radical (unpaired) electrons. The standard InChI is InChI=1S/C18H25N/c1-2-19-18(15-7-4-3-5-8-15)17-12-11-14-9-6-10-16(14)13-17/h7,11-13,18-19H,2-6,8-10H2,1H3. The van der Waals surface area contributed by atoms with Gasteiger partial charge in [0.2, 0.25) is 0 Å². The maximum Gasteiger partial charge on any atom is 0.0536 e. The Morgan fingerprint density at radius 3 is 2.74 bits per heavy atom. The molecule has 0 bridgehead atoms. The zero-order chi connectivity index (χ0) is 13.1. The van der Waals surface area contributed by atoms with E-state index in [1.54, 1.807) is 16.7 Å². The average molecular weight is 255 g/mol. The molecule has 1 nitrogen and oxygen atoms in total. The summed E-state index contributed by atoms with van der Waals surface area (Å²) in [4.78, 5) is 0. The molecule has 1 N–H and O–H groups in total. The molecule has 1 atom stereocenters. The SMILES string of the molecule is CCNC(C1=CCCCC1)c1ccc2c(c1)CCC2. The summed E-state index contributed by atoms with van der Waals surface area (Å²) in [6, 6.07) is 7.64. The van der Waals surface area contributed by atoms with Gasteiger partial charge in [-0.05, 0) is 68.2 Å². The van der Waals surface area contributed by atoms with Gasteiger partial charge < -0.3 is 5.32 Å². The molecule has 0 aromatic heterocycles. The van der Waals surface area contributed by atoms with Gasteiger partial charge in [-0.3, -0.25) is 0 Å². The van der Waals surface area contributed by atoms with Crippen molar-refractivity contribution < 1.29 is 0 Å². The summed E-state index contributed by atoms with van der Waals surface area (Å²) >= 11 is 0. The molecule has 19 heavy (non-hydrogen) atoms. The second-order valence-corrected chi connectivity index (χ2v) is 5.90. The molecule has 0 spiro atoms. The van der Waals surface area contributed by atoms with E-state index in [-0.39, 0.29) is 0 Å². The zero-order valence-electron chi connectivity index (χ0n) is 12.0. The van der Waals surface area contributed by atoms with E-state index in [1.807, 2.05) is 0 Å². The van der Waals surface area contributed by atoms with Crippen LogP contribution in [0.3, 0.4) is 0 Å². The van der Waals surface area contributed by atoms with Gasteiger partial charge in [0.15, 0.2) is 0 Å². The summed E-state index contributed by atoms with van der Waals surface area (Å²) in [7, 11) is 0. The third-order valence-corrected chi connectivity index (χ3v) is 4.56. The first-order valence-electron chi connectivity index (χ1n) is 7.92. The summed E-state index contributed by atoms with van der Waals surface area (Å²) in [6.45, 7) is 3.25. The molecule has 1 aromatic rings. The van der Waals surface area contributed by atoms with Gasteiger partial charge in [-0.2, -0.15) is 0 Å². The number of nitrogens with one attached hydrogen (secondary N) is 1. The molecule has 0 fully saturated rings. The van der Waals surface area contributed by atoms with Gasteiger partial charge in [-0.1, -0.05) is 36.8 Å². The monoisotopic (exact) mass is 255 g/mol. The lowest BCUT2D eigenvalue weighted by atomic mass is 9.88. The highest BCUT2D eigenvalue weighted by atomic mass is 14.9. The Labute approximate surface area is 117 Å². The van der Waals surface area contributed by atoms with Crippen molar-refractivity contribution >= 4 is 0 Å². The van der Waals surface area contributed by atoms with E-state index < -0.39 is 0 Å². The molecule has 102 valence electrons. The van der Waals surface area contributed by atoms with Crippen LogP contribution in [0.15, 0.2) is 29.8 Å². The number of aryl methyl sites for hydroxylation is 2. The minimum absolute atomic E-state index is 0.455. The smallest absolute Gasteiger partial charge is 0.0536 e. The number of hydrogen-bond donors (Lipinski definition) is 1. The molecule has 3 rings (SSSR count). The van der Waals surface area contributed by atoms with Crippen LogP contribution in [-0.4, -0.2) is 6.54 Å². The Bertz CT molecular complexity index is 473. The van der Waals surface area contributed by atoms with Gasteiger partial charge in [0.1, 0.15) is 0 Å². The lowest BCUT2D eigenvalue weighted by molar-refractivity contribution is 0.563. The van der Waals surface area contributed by atoms with Crippen molar-refractivity contribution in [3.8, 4) is 0 Å². The normalized spacial score (nSPS) is 19.9. The van der Waals surface area contributed by atoms with Crippen molar-refractivity contribution in [3.05, 3.63) is 46.5 Å². The summed E-state index contributed by atoms with van der Waals surface area (Å²) in [5.74, 6) is 0. The molecule has 0 heterocycles. The van der Waals surface area contributed by atoms with E-state index in [9.17, 15) is 0 Å². The third kappa shape index (κ3) is 2.76. The predicted octanol–water partition coefficient (Wildman–Crippen LogP) is 4.33. The number of benzene rings is 1. The first-order chi connectivity index (χ1) is 9.38. The van der Waals surface area contributed by atoms with E-state index in [4.69, 9.17) is 0 Å². The number of hydrogen-bond acceptors (Lipinski definition) is 1. The zero-order valence-corrected chi connectivity index (χ0v) is 12.0. The summed E-state index contributed by atoms with van der Waals surface area (Å²) in [5.41, 5.74) is 6.27. The Morgan fingerprint density at radius 2 is 1.95 bits per heavy atom. The second kappa shape index (κ2) is 5.92. The van der Waals surface area contributed by atoms with Gasteiger partial charge >= 0.3 is 0 Å². The minimum Gasteiger partial charge on any atom is -0.307 e. The molecule has 0 aliphatic heterocycles. The summed E-state index contributed by atoms with van der Waals surface area (Å²) in [6.07, 6.45) is 11.6. The van der Waals surface area contributed by atoms with Gasteiger partial charge in [-0.25, -0.2) is 0 Å². The van der Waals surface area contributed by atoms with Gasteiger partial charge in [0.05, 0.1) is 6.04 Å². The van der Waals surface area contributed by atoms with E-state index in [0.717, 1.165) is 6.54 Å². The molecule has 1 heteroatoms. The topological polar surface area (TPSA) is 12.0 Å². The first-order valence-corrected chi connectivity index (χ1v) is 7.92. The van der Waals surface area contributed by atoms with Crippen LogP contribution in [0.1, 0.15) is 61.8 Å². The molecular weight excluding hydrogens is 230 g/mol. The number of rotatable bonds is 4. The van der Waals surface area contributed by atoms with Crippen molar-refractivity contribution in [1.82, 2.24) is 5.32 Å². The molecule has 1 aromatic carbocycles. The quantitative estimate of drug-likeness (QED) is 0.790. The highest BCUT2D eigenvalue weighted by Gasteiger charge is 2.19. The van der Waals surface area contributed by atoms with E-state index in [0.29, 0.717) is 6.04 Å². The Balaban J connectivity index is 1.89. The Morgan fingerprint density at radius 1 is 1.05 bits per heavy atom. The first kappa shape index (κ1) is 12.9. The number of likely N-dealkylation sites (N-methyl/N-ethyl adjacent to an activating group) is 1. The second-order valence-electron chi connectivity index (χ2n) is 5.90. The number of fused-ring (bicyclic) bond motifs is 1. The summed E-state index contributed by atoms with van der Waals surface area (Å²) < 4.78 is 0. The van der Waals surface area contributed by atoms with E-state index in [1.165, 1.54) is 50.5 Å². The van der Waals surface area contributed by atoms with Crippen LogP contribution in [0.25, 0.3) is 0 Å². The van der Waals surface area contributed by atoms with Crippen molar-refractivity contribution in [2.75, 3.05) is 6.54 Å². The van der Waals surface area contributed by atoms with E-state index >= 15 is 0 Å². The van der Waals surface area contributed by atoms with Crippen LogP contribution in [-0.2, 0) is 12.8 Å². The lowest BCUT2D eigenvalue weighted by Gasteiger charge is -2.25. The minimum atomic E-state index is 0.455. The van der Waals surface area contributed by atoms with Gasteiger partial charge in [0.25, 0.3) is 0 Å². The largest absolute Gasteiger partial charge is 0.307 e. The number of allylic oxidation sites excluding steroid dienone is 1. The third-order valence-electron chi connectivity index (χ3n) is 4.56. The van der Waals surface area contributed by atoms with Crippen LogP contribution in [0.4, 0.5) is 0 Å². The molecule has 0 amide bonds. The molecule has 0 saturated heterocycles. The highest BCUT2D eigenvalue weighted by molar-refractivity contribution is 5.39. The molecule has 2 aliphatic rings. The fourth-order valence-electron chi connectivity index (χ4n) is 3.56. The van der Waals surface area contributed by atoms with Crippen molar-refractivity contribution in [3.63, 3.8) is 0 Å². The van der Waals surface area contributed by atoms with Crippen LogP contribution < -0.4 is 5.32 Å². The van der Waals surface area contributed by atoms with Crippen LogP contribution in [0.2, 0.25) is 0 Å². The predicted molar refractivity (Wildman–Crippen MR) is 81.4 cm³/mol. The van der Waals surface area contributed by atoms with Gasteiger partial charge in [0, 0.05) is 0 Å². The van der Waals surface area contributed by atoms with Crippen LogP contribution >= 0.6 is 0 Å². The Kier molecular flexibility index (Phi) is 4.03. The maximum absolute atomic E-state index is 3.69. The maximum atomic E-state index is 3.69. The fraction of sp³-hybridized carbons (Fsp3) is 0.556. The molecular formula is C18H25N. The molecule has 2 aliphatic carbocycles.